The highest BCUT2D eigenvalue weighted by atomic mass is 79.9. The number of likely N-dealkylation sites (N-methyl/N-ethyl adjacent to an activating group) is 1. The molecule has 0 heterocycles. The Bertz CT molecular complexity index is 929. The number of hydrogen-bond donors (Lipinski definition) is 0. The van der Waals surface area contributed by atoms with Crippen molar-refractivity contribution < 1.29 is 4.74 Å². The lowest BCUT2D eigenvalue weighted by Crippen LogP contribution is -2.19. The molecule has 0 aliphatic carbocycles. The van der Waals surface area contributed by atoms with Crippen LogP contribution < -0.4 is 4.74 Å². The van der Waals surface area contributed by atoms with E-state index in [0.29, 0.717) is 6.61 Å². The number of allylic oxidation sites excluding steroid dienone is 1. The van der Waals surface area contributed by atoms with Crippen molar-refractivity contribution in [3.05, 3.63) is 100 Å². The van der Waals surface area contributed by atoms with Gasteiger partial charge in [-0.05, 0) is 72.6 Å². The van der Waals surface area contributed by atoms with Crippen molar-refractivity contribution in [1.29, 1.82) is 0 Å². The summed E-state index contributed by atoms with van der Waals surface area (Å²) in [6.07, 6.45) is 0.951. The maximum atomic E-state index is 5.88. The van der Waals surface area contributed by atoms with E-state index in [2.05, 4.69) is 121 Å². The van der Waals surface area contributed by atoms with Gasteiger partial charge in [-0.1, -0.05) is 77.5 Å². The van der Waals surface area contributed by atoms with Gasteiger partial charge >= 0.3 is 0 Å². The lowest BCUT2D eigenvalue weighted by atomic mass is 9.88. The van der Waals surface area contributed by atoms with Crippen LogP contribution in [0.2, 0.25) is 0 Å². The second kappa shape index (κ2) is 10.4. The van der Waals surface area contributed by atoms with Crippen molar-refractivity contribution in [2.75, 3.05) is 27.2 Å². The van der Waals surface area contributed by atoms with Crippen molar-refractivity contribution >= 4 is 27.1 Å². The zero-order chi connectivity index (χ0) is 20.6. The van der Waals surface area contributed by atoms with Crippen molar-refractivity contribution in [2.45, 2.75) is 13.3 Å². The summed E-state index contributed by atoms with van der Waals surface area (Å²) in [7, 11) is 4.11. The Labute approximate surface area is 183 Å². The van der Waals surface area contributed by atoms with Gasteiger partial charge in [-0.2, -0.15) is 0 Å². The Morgan fingerprint density at radius 1 is 0.793 bits per heavy atom. The fourth-order valence-corrected chi connectivity index (χ4v) is 3.62. The molecular formula is C26H28BrNO. The van der Waals surface area contributed by atoms with E-state index in [1.54, 1.807) is 0 Å². The van der Waals surface area contributed by atoms with Gasteiger partial charge in [0, 0.05) is 11.0 Å². The van der Waals surface area contributed by atoms with Crippen LogP contribution in [0.15, 0.2) is 83.3 Å². The maximum Gasteiger partial charge on any atom is 0.119 e. The van der Waals surface area contributed by atoms with Gasteiger partial charge in [0.25, 0.3) is 0 Å². The van der Waals surface area contributed by atoms with Gasteiger partial charge in [0.15, 0.2) is 0 Å². The Morgan fingerprint density at radius 3 is 1.97 bits per heavy atom. The Balaban J connectivity index is 2.01. The summed E-state index contributed by atoms with van der Waals surface area (Å²) >= 11 is 3.55. The van der Waals surface area contributed by atoms with E-state index in [9.17, 15) is 0 Å². The summed E-state index contributed by atoms with van der Waals surface area (Å²) in [5, 5.41) is 0. The SMILES string of the molecule is CC/C(=C(/c1ccccc1)c1ccc(OCCN(C)C)cc1)c1ccc(Br)cc1. The molecule has 150 valence electrons. The van der Waals surface area contributed by atoms with E-state index in [4.69, 9.17) is 4.74 Å². The molecule has 0 unspecified atom stereocenters. The number of halogens is 1. The van der Waals surface area contributed by atoms with Crippen LogP contribution in [0.3, 0.4) is 0 Å². The maximum absolute atomic E-state index is 5.88. The van der Waals surface area contributed by atoms with Crippen LogP contribution in [-0.2, 0) is 0 Å². The molecule has 29 heavy (non-hydrogen) atoms. The molecule has 0 aromatic heterocycles. The average molecular weight is 450 g/mol. The number of hydrogen-bond acceptors (Lipinski definition) is 2. The summed E-state index contributed by atoms with van der Waals surface area (Å²) in [4.78, 5) is 2.12. The summed E-state index contributed by atoms with van der Waals surface area (Å²) in [5.74, 6) is 0.907. The molecule has 3 heteroatoms. The summed E-state index contributed by atoms with van der Waals surface area (Å²) < 4.78 is 6.97. The third-order valence-corrected chi connectivity index (χ3v) is 5.39. The molecule has 0 fully saturated rings. The van der Waals surface area contributed by atoms with E-state index in [-0.39, 0.29) is 0 Å². The second-order valence-electron chi connectivity index (χ2n) is 7.26. The van der Waals surface area contributed by atoms with Crippen molar-refractivity contribution in [1.82, 2.24) is 4.90 Å². The fourth-order valence-electron chi connectivity index (χ4n) is 3.36. The Kier molecular flexibility index (Phi) is 7.68. The van der Waals surface area contributed by atoms with E-state index in [0.717, 1.165) is 23.2 Å². The Hall–Kier alpha value is -2.36. The van der Waals surface area contributed by atoms with Crippen LogP contribution in [0, 0.1) is 0 Å². The molecule has 0 bridgehead atoms. The third-order valence-electron chi connectivity index (χ3n) is 4.86. The normalized spacial score (nSPS) is 12.0. The highest BCUT2D eigenvalue weighted by Gasteiger charge is 2.13. The van der Waals surface area contributed by atoms with Crippen LogP contribution in [-0.4, -0.2) is 32.1 Å². The zero-order valence-corrected chi connectivity index (χ0v) is 18.9. The largest absolute Gasteiger partial charge is 0.492 e. The molecule has 0 amide bonds. The quantitative estimate of drug-likeness (QED) is 0.352. The lowest BCUT2D eigenvalue weighted by Gasteiger charge is -2.17. The first-order valence-corrected chi connectivity index (χ1v) is 10.8. The standard InChI is InChI=1S/C26H28BrNO/c1-4-25(20-10-14-23(27)15-11-20)26(21-8-6-5-7-9-21)22-12-16-24(17-13-22)29-19-18-28(2)3/h5-17H,4,18-19H2,1-3H3/b26-25+. The van der Waals surface area contributed by atoms with E-state index >= 15 is 0 Å². The molecule has 0 saturated heterocycles. The number of rotatable bonds is 8. The number of benzene rings is 3. The molecule has 0 radical (unpaired) electrons. The van der Waals surface area contributed by atoms with Crippen LogP contribution in [0.1, 0.15) is 30.0 Å². The molecule has 0 aliphatic rings. The van der Waals surface area contributed by atoms with Gasteiger partial charge < -0.3 is 9.64 Å². The molecule has 0 aliphatic heterocycles. The van der Waals surface area contributed by atoms with E-state index in [1.807, 2.05) is 0 Å². The topological polar surface area (TPSA) is 12.5 Å². The second-order valence-corrected chi connectivity index (χ2v) is 8.17. The molecule has 3 aromatic rings. The monoisotopic (exact) mass is 449 g/mol. The molecule has 3 aromatic carbocycles. The number of ether oxygens (including phenoxy) is 1. The van der Waals surface area contributed by atoms with E-state index < -0.39 is 0 Å². The van der Waals surface area contributed by atoms with Crippen molar-refractivity contribution in [3.8, 4) is 5.75 Å². The molecule has 0 saturated carbocycles. The summed E-state index contributed by atoms with van der Waals surface area (Å²) in [5.41, 5.74) is 6.30. The predicted molar refractivity (Wildman–Crippen MR) is 127 cm³/mol. The van der Waals surface area contributed by atoms with Gasteiger partial charge in [0.1, 0.15) is 12.4 Å². The fraction of sp³-hybridized carbons (Fsp3) is 0.231. The molecule has 3 rings (SSSR count). The highest BCUT2D eigenvalue weighted by molar-refractivity contribution is 9.10. The van der Waals surface area contributed by atoms with Gasteiger partial charge in [-0.15, -0.1) is 0 Å². The van der Waals surface area contributed by atoms with Crippen molar-refractivity contribution in [2.24, 2.45) is 0 Å². The minimum Gasteiger partial charge on any atom is -0.492 e. The minimum atomic E-state index is 0.687. The zero-order valence-electron chi connectivity index (χ0n) is 17.4. The van der Waals surface area contributed by atoms with Crippen LogP contribution >= 0.6 is 15.9 Å². The first-order valence-electron chi connectivity index (χ1n) is 10.0. The summed E-state index contributed by atoms with van der Waals surface area (Å²) in [6.45, 7) is 3.81. The van der Waals surface area contributed by atoms with E-state index in [1.165, 1.54) is 27.8 Å². The van der Waals surface area contributed by atoms with Crippen LogP contribution in [0.4, 0.5) is 0 Å². The molecule has 0 atom stereocenters. The predicted octanol–water partition coefficient (Wildman–Crippen LogP) is 6.76. The molecular weight excluding hydrogens is 422 g/mol. The van der Waals surface area contributed by atoms with Crippen LogP contribution in [0.5, 0.6) is 5.75 Å². The van der Waals surface area contributed by atoms with Crippen LogP contribution in [0.25, 0.3) is 11.1 Å². The summed E-state index contributed by atoms with van der Waals surface area (Å²) in [6, 6.07) is 27.7. The lowest BCUT2D eigenvalue weighted by molar-refractivity contribution is 0.261. The average Bonchev–Trinajstić information content (AvgIpc) is 2.74. The Morgan fingerprint density at radius 2 is 1.38 bits per heavy atom. The van der Waals surface area contributed by atoms with Crippen molar-refractivity contribution in [3.63, 3.8) is 0 Å². The molecule has 0 spiro atoms. The van der Waals surface area contributed by atoms with Gasteiger partial charge in [-0.3, -0.25) is 0 Å². The molecule has 0 N–H and O–H groups in total. The minimum absolute atomic E-state index is 0.687. The first kappa shape index (κ1) is 21.4. The van der Waals surface area contributed by atoms with Gasteiger partial charge in [0.2, 0.25) is 0 Å². The van der Waals surface area contributed by atoms with Gasteiger partial charge in [0.05, 0.1) is 0 Å². The first-order chi connectivity index (χ1) is 14.1. The highest BCUT2D eigenvalue weighted by Crippen LogP contribution is 2.35. The van der Waals surface area contributed by atoms with Gasteiger partial charge in [-0.25, -0.2) is 0 Å². The smallest absolute Gasteiger partial charge is 0.119 e. The molecule has 2 nitrogen and oxygen atoms in total. The third kappa shape index (κ3) is 5.81. The number of nitrogens with zero attached hydrogens (tertiary/aromatic N) is 1.